The molecule has 0 aliphatic heterocycles. The van der Waals surface area contributed by atoms with Gasteiger partial charge in [0.15, 0.2) is 0 Å². The molecule has 0 bridgehead atoms. The normalized spacial score (nSPS) is 18.6. The van der Waals surface area contributed by atoms with E-state index in [4.69, 9.17) is 4.74 Å². The highest BCUT2D eigenvalue weighted by atomic mass is 127. The van der Waals surface area contributed by atoms with E-state index in [0.29, 0.717) is 19.3 Å². The third-order valence-corrected chi connectivity index (χ3v) is 7.98. The minimum absolute atomic E-state index is 0.107. The summed E-state index contributed by atoms with van der Waals surface area (Å²) in [5, 5.41) is 28.2. The molecule has 4 N–H and O–H groups in total. The topological polar surface area (TPSA) is 108 Å². The zero-order chi connectivity index (χ0) is 29.6. The Morgan fingerprint density at radius 2 is 1.59 bits per heavy atom. The average Bonchev–Trinajstić information content (AvgIpc) is 3.23. The van der Waals surface area contributed by atoms with Crippen LogP contribution in [0.1, 0.15) is 55.5 Å². The molecular weight excluding hydrogens is 631 g/mol. The highest BCUT2D eigenvalue weighted by Gasteiger charge is 2.35. The van der Waals surface area contributed by atoms with Crippen LogP contribution in [-0.2, 0) is 28.8 Å². The highest BCUT2D eigenvalue weighted by Crippen LogP contribution is 2.32. The number of hydrogen-bond donors (Lipinski definition) is 4. The molecule has 8 heteroatoms. The maximum absolute atomic E-state index is 13.8. The molecule has 2 amide bonds. The van der Waals surface area contributed by atoms with Crippen molar-refractivity contribution in [2.75, 3.05) is 0 Å². The SMILES string of the molecule is CC(C)(C)OC(=O)N[C@@H](Cc1ccccc1)[C@@H](O)C[C@@H](Cc1ccc(I)cc1)C(=O)N[C@H]1c2ccccc2C[C@H]1O. The van der Waals surface area contributed by atoms with Crippen molar-refractivity contribution < 1.29 is 24.5 Å². The number of nitrogens with one attached hydrogen (secondary N) is 2. The molecule has 0 spiro atoms. The maximum Gasteiger partial charge on any atom is 0.407 e. The van der Waals surface area contributed by atoms with E-state index in [1.54, 1.807) is 20.8 Å². The number of benzene rings is 3. The number of carbonyl (C=O) groups excluding carboxylic acids is 2. The lowest BCUT2D eigenvalue weighted by atomic mass is 9.88. The van der Waals surface area contributed by atoms with Crippen molar-refractivity contribution >= 4 is 34.6 Å². The number of fused-ring (bicyclic) bond motifs is 1. The van der Waals surface area contributed by atoms with E-state index in [0.717, 1.165) is 25.8 Å². The van der Waals surface area contributed by atoms with Crippen LogP contribution >= 0.6 is 22.6 Å². The molecule has 3 aromatic carbocycles. The smallest absolute Gasteiger partial charge is 0.407 e. The van der Waals surface area contributed by atoms with Gasteiger partial charge in [0.2, 0.25) is 5.91 Å². The van der Waals surface area contributed by atoms with Crippen LogP contribution in [0.2, 0.25) is 0 Å². The van der Waals surface area contributed by atoms with Crippen molar-refractivity contribution in [3.05, 3.63) is 105 Å². The minimum Gasteiger partial charge on any atom is -0.444 e. The van der Waals surface area contributed by atoms with Crippen molar-refractivity contribution in [3.63, 3.8) is 0 Å². The van der Waals surface area contributed by atoms with Crippen molar-refractivity contribution in [2.24, 2.45) is 5.92 Å². The minimum atomic E-state index is -1.04. The molecule has 1 aliphatic rings. The molecule has 0 unspecified atom stereocenters. The van der Waals surface area contributed by atoms with E-state index in [2.05, 4.69) is 33.2 Å². The molecule has 5 atom stereocenters. The number of aliphatic hydroxyl groups excluding tert-OH is 2. The summed E-state index contributed by atoms with van der Waals surface area (Å²) in [6.45, 7) is 5.35. The Balaban J connectivity index is 1.56. The van der Waals surface area contributed by atoms with Gasteiger partial charge in [0.25, 0.3) is 0 Å². The van der Waals surface area contributed by atoms with Crippen LogP contribution in [0.4, 0.5) is 4.79 Å². The second-order valence-corrected chi connectivity index (χ2v) is 13.0. The largest absolute Gasteiger partial charge is 0.444 e. The summed E-state index contributed by atoms with van der Waals surface area (Å²) < 4.78 is 6.57. The Labute approximate surface area is 255 Å². The molecule has 4 rings (SSSR count). The zero-order valence-electron chi connectivity index (χ0n) is 23.7. The molecule has 3 aromatic rings. The lowest BCUT2D eigenvalue weighted by Crippen LogP contribution is -2.48. The van der Waals surface area contributed by atoms with Gasteiger partial charge in [-0.05, 0) is 97.0 Å². The van der Waals surface area contributed by atoms with Crippen LogP contribution in [0.15, 0.2) is 78.9 Å². The summed E-state index contributed by atoms with van der Waals surface area (Å²) in [6.07, 6.45) is -1.03. The predicted octanol–water partition coefficient (Wildman–Crippen LogP) is 5.11. The van der Waals surface area contributed by atoms with E-state index in [1.165, 1.54) is 0 Å². The summed E-state index contributed by atoms with van der Waals surface area (Å²) in [5.74, 6) is -0.859. The van der Waals surface area contributed by atoms with Crippen LogP contribution in [0.3, 0.4) is 0 Å². The van der Waals surface area contributed by atoms with Gasteiger partial charge in [0.05, 0.1) is 24.3 Å². The molecule has 0 radical (unpaired) electrons. The molecule has 0 fully saturated rings. The van der Waals surface area contributed by atoms with Gasteiger partial charge in [-0.3, -0.25) is 4.79 Å². The lowest BCUT2D eigenvalue weighted by molar-refractivity contribution is -0.127. The number of aliphatic hydroxyl groups is 2. The number of alkyl carbamates (subject to hydrolysis) is 1. The summed E-state index contributed by atoms with van der Waals surface area (Å²) in [4.78, 5) is 26.5. The maximum atomic E-state index is 13.8. The first-order chi connectivity index (χ1) is 19.5. The van der Waals surface area contributed by atoms with Crippen LogP contribution in [0, 0.1) is 9.49 Å². The zero-order valence-corrected chi connectivity index (χ0v) is 25.9. The number of rotatable bonds is 10. The van der Waals surface area contributed by atoms with Gasteiger partial charge in [-0.1, -0.05) is 66.7 Å². The van der Waals surface area contributed by atoms with Crippen LogP contribution in [-0.4, -0.2) is 46.1 Å². The van der Waals surface area contributed by atoms with E-state index < -0.39 is 41.9 Å². The number of ether oxygens (including phenoxy) is 1. The van der Waals surface area contributed by atoms with Crippen LogP contribution in [0.5, 0.6) is 0 Å². The van der Waals surface area contributed by atoms with Gasteiger partial charge in [0, 0.05) is 15.9 Å². The van der Waals surface area contributed by atoms with Crippen LogP contribution in [0.25, 0.3) is 0 Å². The number of hydrogen-bond acceptors (Lipinski definition) is 5. The quantitative estimate of drug-likeness (QED) is 0.225. The fraction of sp³-hybridized carbons (Fsp3) is 0.394. The third kappa shape index (κ3) is 9.02. The van der Waals surface area contributed by atoms with Crippen LogP contribution < -0.4 is 10.6 Å². The summed E-state index contributed by atoms with van der Waals surface area (Å²) >= 11 is 2.24. The van der Waals surface area contributed by atoms with E-state index >= 15 is 0 Å². The number of carbonyl (C=O) groups is 2. The Kier molecular flexibility index (Phi) is 10.4. The summed E-state index contributed by atoms with van der Waals surface area (Å²) in [7, 11) is 0. The van der Waals surface area contributed by atoms with Crippen molar-refractivity contribution in [1.29, 1.82) is 0 Å². The van der Waals surface area contributed by atoms with Crippen molar-refractivity contribution in [1.82, 2.24) is 10.6 Å². The first kappa shape index (κ1) is 31.0. The number of halogens is 1. The van der Waals surface area contributed by atoms with E-state index in [1.807, 2.05) is 78.9 Å². The first-order valence-corrected chi connectivity index (χ1v) is 15.1. The van der Waals surface area contributed by atoms with Gasteiger partial charge in [0.1, 0.15) is 5.60 Å². The Bertz CT molecular complexity index is 1310. The lowest BCUT2D eigenvalue weighted by Gasteiger charge is -2.29. The standard InChI is InChI=1S/C33H39IN2O5/c1-33(2,3)41-32(40)35-27(18-21-9-5-4-6-10-21)28(37)20-24(17-22-13-15-25(34)16-14-22)31(39)36-30-26-12-8-7-11-23(26)19-29(30)38/h4-16,24,27-30,37-38H,17-20H2,1-3H3,(H,35,40)(H,36,39)/t24-,27+,28+,29-,30+/m1/s1. The average molecular weight is 671 g/mol. The van der Waals surface area contributed by atoms with Crippen molar-refractivity contribution in [3.8, 4) is 0 Å². The molecule has 0 heterocycles. The Morgan fingerprint density at radius 1 is 0.951 bits per heavy atom. The molecule has 1 aliphatic carbocycles. The van der Waals surface area contributed by atoms with Gasteiger partial charge in [-0.15, -0.1) is 0 Å². The Morgan fingerprint density at radius 3 is 2.27 bits per heavy atom. The molecule has 0 aromatic heterocycles. The second kappa shape index (κ2) is 13.8. The van der Waals surface area contributed by atoms with Crippen molar-refractivity contribution in [2.45, 2.75) is 76.3 Å². The Hall–Kier alpha value is -2.95. The second-order valence-electron chi connectivity index (χ2n) is 11.7. The summed E-state index contributed by atoms with van der Waals surface area (Å²) in [6, 6.07) is 24.1. The van der Waals surface area contributed by atoms with Gasteiger partial charge in [-0.25, -0.2) is 4.79 Å². The van der Waals surface area contributed by atoms with E-state index in [-0.39, 0.29) is 12.3 Å². The van der Waals surface area contributed by atoms with E-state index in [9.17, 15) is 19.8 Å². The molecule has 218 valence electrons. The fourth-order valence-electron chi connectivity index (χ4n) is 5.27. The fourth-order valence-corrected chi connectivity index (χ4v) is 5.63. The summed E-state index contributed by atoms with van der Waals surface area (Å²) in [5.41, 5.74) is 3.14. The molecule has 7 nitrogen and oxygen atoms in total. The molecule has 0 saturated carbocycles. The number of amides is 2. The molecule has 0 saturated heterocycles. The van der Waals surface area contributed by atoms with Gasteiger partial charge in [-0.2, -0.15) is 0 Å². The van der Waals surface area contributed by atoms with Gasteiger partial charge >= 0.3 is 6.09 Å². The van der Waals surface area contributed by atoms with Gasteiger partial charge < -0.3 is 25.6 Å². The first-order valence-electron chi connectivity index (χ1n) is 14.0. The predicted molar refractivity (Wildman–Crippen MR) is 167 cm³/mol. The highest BCUT2D eigenvalue weighted by molar-refractivity contribution is 14.1. The monoisotopic (exact) mass is 670 g/mol. The third-order valence-electron chi connectivity index (χ3n) is 7.26. The molecule has 41 heavy (non-hydrogen) atoms. The molecular formula is C33H39IN2O5.